The summed E-state index contributed by atoms with van der Waals surface area (Å²) in [4.78, 5) is 17.2. The number of ether oxygens (including phenoxy) is 1. The second-order valence-electron chi connectivity index (χ2n) is 5.65. The second kappa shape index (κ2) is 9.33. The fraction of sp³-hybridized carbons (Fsp3) is 0.200. The summed E-state index contributed by atoms with van der Waals surface area (Å²) in [6, 6.07) is 13.0. The third-order valence-electron chi connectivity index (χ3n) is 3.82. The number of amides is 1. The van der Waals surface area contributed by atoms with Crippen LogP contribution >= 0.6 is 34.5 Å². The lowest BCUT2D eigenvalue weighted by molar-refractivity contribution is -0.113. The van der Waals surface area contributed by atoms with Gasteiger partial charge in [0.2, 0.25) is 0 Å². The van der Waals surface area contributed by atoms with Gasteiger partial charge in [-0.25, -0.2) is 0 Å². The van der Waals surface area contributed by atoms with Crippen molar-refractivity contribution in [3.05, 3.63) is 69.0 Å². The van der Waals surface area contributed by atoms with Gasteiger partial charge in [0, 0.05) is 29.3 Å². The van der Waals surface area contributed by atoms with Crippen LogP contribution in [0.5, 0.6) is 0 Å². The van der Waals surface area contributed by atoms with Gasteiger partial charge >= 0.3 is 0 Å². The van der Waals surface area contributed by atoms with Crippen LogP contribution in [0, 0.1) is 0 Å². The molecule has 0 aliphatic carbocycles. The third kappa shape index (κ3) is 5.08. The van der Waals surface area contributed by atoms with Crippen molar-refractivity contribution < 1.29 is 9.53 Å². The first kappa shape index (κ1) is 19.8. The van der Waals surface area contributed by atoms with Crippen LogP contribution < -0.4 is 4.80 Å². The van der Waals surface area contributed by atoms with Crippen molar-refractivity contribution in [3.63, 3.8) is 0 Å². The Kier molecular flexibility index (Phi) is 6.85. The Bertz CT molecular complexity index is 1050. The number of halogens is 2. The van der Waals surface area contributed by atoms with Crippen molar-refractivity contribution in [2.45, 2.75) is 13.5 Å². The van der Waals surface area contributed by atoms with Crippen LogP contribution in [-0.4, -0.2) is 23.7 Å². The van der Waals surface area contributed by atoms with Crippen molar-refractivity contribution in [1.29, 1.82) is 0 Å². The van der Waals surface area contributed by atoms with E-state index in [4.69, 9.17) is 27.9 Å². The smallest absolute Gasteiger partial charge is 0.272 e. The number of carbonyl (C=O) groups excluding carboxylic acids is 1. The third-order valence-corrected chi connectivity index (χ3v) is 5.45. The highest BCUT2D eigenvalue weighted by Gasteiger charge is 2.08. The van der Waals surface area contributed by atoms with Crippen LogP contribution in [0.25, 0.3) is 16.3 Å². The topological polar surface area (TPSA) is 43.6 Å². The van der Waals surface area contributed by atoms with Gasteiger partial charge in [-0.3, -0.25) is 4.79 Å². The number of fused-ring (bicyclic) bond motifs is 1. The normalized spacial score (nSPS) is 12.3. The van der Waals surface area contributed by atoms with Crippen molar-refractivity contribution >= 4 is 56.7 Å². The van der Waals surface area contributed by atoms with Crippen LogP contribution in [0.4, 0.5) is 0 Å². The molecule has 3 rings (SSSR count). The zero-order valence-corrected chi connectivity index (χ0v) is 17.0. The molecule has 2 aromatic carbocycles. The Morgan fingerprint density at radius 3 is 2.85 bits per heavy atom. The van der Waals surface area contributed by atoms with Crippen LogP contribution in [0.3, 0.4) is 0 Å². The molecular formula is C20H18Cl2N2O2S. The standard InChI is InChI=1S/C20H18Cl2N2O2S/c1-2-26-12-11-24-17-9-8-15(21)13-18(17)27-20(24)23-19(25)10-7-14-5-3-4-6-16(14)22/h3-10,13H,2,11-12H2,1H3. The second-order valence-corrected chi connectivity index (χ2v) is 7.50. The summed E-state index contributed by atoms with van der Waals surface area (Å²) in [5, 5.41) is 1.24. The Labute approximate surface area is 171 Å². The number of hydrogen-bond donors (Lipinski definition) is 0. The minimum absolute atomic E-state index is 0.349. The molecule has 1 aromatic heterocycles. The zero-order chi connectivity index (χ0) is 19.2. The van der Waals surface area contributed by atoms with E-state index in [0.717, 1.165) is 15.8 Å². The van der Waals surface area contributed by atoms with E-state index < -0.39 is 0 Å². The molecule has 0 radical (unpaired) electrons. The average Bonchev–Trinajstić information content (AvgIpc) is 2.97. The molecule has 0 N–H and O–H groups in total. The molecule has 0 saturated carbocycles. The van der Waals surface area contributed by atoms with Crippen molar-refractivity contribution in [2.75, 3.05) is 13.2 Å². The van der Waals surface area contributed by atoms with E-state index in [-0.39, 0.29) is 5.91 Å². The SMILES string of the molecule is CCOCCn1c(=NC(=O)C=Cc2ccccc2Cl)sc2cc(Cl)ccc21. The fourth-order valence-electron chi connectivity index (χ4n) is 2.55. The van der Waals surface area contributed by atoms with Crippen LogP contribution in [0.2, 0.25) is 10.0 Å². The van der Waals surface area contributed by atoms with Gasteiger partial charge in [-0.05, 0) is 42.8 Å². The lowest BCUT2D eigenvalue weighted by atomic mass is 10.2. The number of hydrogen-bond acceptors (Lipinski definition) is 3. The minimum atomic E-state index is -0.349. The lowest BCUT2D eigenvalue weighted by Crippen LogP contribution is -2.19. The molecule has 0 fully saturated rings. The largest absolute Gasteiger partial charge is 0.380 e. The summed E-state index contributed by atoms with van der Waals surface area (Å²) in [7, 11) is 0. The summed E-state index contributed by atoms with van der Waals surface area (Å²) in [5.74, 6) is -0.349. The highest BCUT2D eigenvalue weighted by atomic mass is 35.5. The number of thiazole rings is 1. The maximum absolute atomic E-state index is 12.4. The zero-order valence-electron chi connectivity index (χ0n) is 14.7. The maximum atomic E-state index is 12.4. The van der Waals surface area contributed by atoms with Crippen LogP contribution in [0.15, 0.2) is 53.5 Å². The van der Waals surface area contributed by atoms with Gasteiger partial charge in [0.1, 0.15) is 0 Å². The Hall–Kier alpha value is -1.92. The van der Waals surface area contributed by atoms with E-state index in [1.54, 1.807) is 12.1 Å². The maximum Gasteiger partial charge on any atom is 0.272 e. The summed E-state index contributed by atoms with van der Waals surface area (Å²) >= 11 is 13.6. The average molecular weight is 421 g/mol. The molecule has 0 aliphatic heterocycles. The van der Waals surface area contributed by atoms with Crippen LogP contribution in [-0.2, 0) is 16.1 Å². The van der Waals surface area contributed by atoms with E-state index >= 15 is 0 Å². The van der Waals surface area contributed by atoms with Gasteiger partial charge in [0.05, 0.1) is 16.8 Å². The molecule has 0 aliphatic rings. The highest BCUT2D eigenvalue weighted by molar-refractivity contribution is 7.16. The molecule has 27 heavy (non-hydrogen) atoms. The van der Waals surface area contributed by atoms with Gasteiger partial charge in [-0.1, -0.05) is 52.7 Å². The first-order valence-electron chi connectivity index (χ1n) is 8.46. The lowest BCUT2D eigenvalue weighted by Gasteiger charge is -2.05. The van der Waals surface area contributed by atoms with Gasteiger partial charge in [0.25, 0.3) is 5.91 Å². The predicted octanol–water partition coefficient (Wildman–Crippen LogP) is 5.19. The molecule has 0 spiro atoms. The molecule has 1 amide bonds. The molecular weight excluding hydrogens is 403 g/mol. The first-order chi connectivity index (χ1) is 13.1. The van der Waals surface area contributed by atoms with Crippen molar-refractivity contribution in [3.8, 4) is 0 Å². The number of nitrogens with zero attached hydrogens (tertiary/aromatic N) is 2. The van der Waals surface area contributed by atoms with E-state index in [0.29, 0.717) is 34.6 Å². The predicted molar refractivity (Wildman–Crippen MR) is 112 cm³/mol. The summed E-state index contributed by atoms with van der Waals surface area (Å²) < 4.78 is 8.41. The molecule has 0 saturated heterocycles. The number of aromatic nitrogens is 1. The van der Waals surface area contributed by atoms with Crippen LogP contribution in [0.1, 0.15) is 12.5 Å². The molecule has 7 heteroatoms. The number of carbonyl (C=O) groups is 1. The van der Waals surface area contributed by atoms with Gasteiger partial charge in [-0.2, -0.15) is 4.99 Å². The summed E-state index contributed by atoms with van der Waals surface area (Å²) in [6.07, 6.45) is 3.09. The molecule has 0 bridgehead atoms. The Morgan fingerprint density at radius 2 is 2.07 bits per heavy atom. The van der Waals surface area contributed by atoms with E-state index in [2.05, 4.69) is 4.99 Å². The number of rotatable bonds is 6. The molecule has 140 valence electrons. The Balaban J connectivity index is 1.94. The molecule has 0 unspecified atom stereocenters. The molecule has 1 heterocycles. The van der Waals surface area contributed by atoms with Gasteiger partial charge < -0.3 is 9.30 Å². The van der Waals surface area contributed by atoms with Crippen molar-refractivity contribution in [1.82, 2.24) is 4.57 Å². The summed E-state index contributed by atoms with van der Waals surface area (Å²) in [5.41, 5.74) is 1.75. The fourth-order valence-corrected chi connectivity index (χ4v) is 4.09. The number of benzene rings is 2. The quantitative estimate of drug-likeness (QED) is 0.406. The molecule has 4 nitrogen and oxygen atoms in total. The minimum Gasteiger partial charge on any atom is -0.380 e. The monoisotopic (exact) mass is 420 g/mol. The first-order valence-corrected chi connectivity index (χ1v) is 10.0. The molecule has 0 atom stereocenters. The van der Waals surface area contributed by atoms with Gasteiger partial charge in [0.15, 0.2) is 4.80 Å². The highest BCUT2D eigenvalue weighted by Crippen LogP contribution is 2.22. The van der Waals surface area contributed by atoms with Gasteiger partial charge in [-0.15, -0.1) is 0 Å². The van der Waals surface area contributed by atoms with E-state index in [1.807, 2.05) is 47.9 Å². The Morgan fingerprint density at radius 1 is 1.26 bits per heavy atom. The molecule has 3 aromatic rings. The van der Waals surface area contributed by atoms with Crippen molar-refractivity contribution in [2.24, 2.45) is 4.99 Å². The summed E-state index contributed by atoms with van der Waals surface area (Å²) in [6.45, 7) is 3.74. The van der Waals surface area contributed by atoms with E-state index in [9.17, 15) is 4.79 Å². The van der Waals surface area contributed by atoms with E-state index in [1.165, 1.54) is 17.4 Å².